The van der Waals surface area contributed by atoms with Gasteiger partial charge >= 0.3 is 18.2 Å². The number of aliphatic carboxylic acids is 1. The summed E-state index contributed by atoms with van der Waals surface area (Å²) in [5.74, 6) is -3.46. The second-order valence-corrected chi connectivity index (χ2v) is 18.0. The SMILES string of the molecule is Cc1nc(C(=O)NC2CCC(N(C)C)CC2)ccc1-c1ccc(C[C@@H](C(N)=O)N(C(=O)C2CCC(CNC(=O)OC(C)(C)C)CC2)c2ccc(-c3nn[nH]n3)cc2)cc1.O=C(O)C(F)(F)F. The van der Waals surface area contributed by atoms with Crippen molar-refractivity contribution in [2.45, 2.75) is 115 Å². The van der Waals surface area contributed by atoms with Crippen LogP contribution in [0.15, 0.2) is 60.7 Å². The highest BCUT2D eigenvalue weighted by Crippen LogP contribution is 2.34. The number of nitrogens with two attached hydrogens (primary N) is 1. The number of H-pyrrole nitrogens is 1. The maximum Gasteiger partial charge on any atom is 0.490 e. The number of benzene rings is 2. The Hall–Kier alpha value is -6.44. The second kappa shape index (κ2) is 22.2. The number of aryl methyl sites for hydroxylation is 1. The fourth-order valence-electron chi connectivity index (χ4n) is 8.22. The van der Waals surface area contributed by atoms with E-state index < -0.39 is 35.8 Å². The van der Waals surface area contributed by atoms with Crippen molar-refractivity contribution in [3.63, 3.8) is 0 Å². The molecule has 1 atom stereocenters. The predicted octanol–water partition coefficient (Wildman–Crippen LogP) is 6.23. The van der Waals surface area contributed by atoms with Crippen LogP contribution in [0.3, 0.4) is 0 Å². The number of carboxylic acids is 1. The van der Waals surface area contributed by atoms with E-state index >= 15 is 0 Å². The van der Waals surface area contributed by atoms with Crippen molar-refractivity contribution >= 4 is 35.5 Å². The first-order valence-electron chi connectivity index (χ1n) is 21.9. The molecule has 0 radical (unpaired) electrons. The topological polar surface area (TPSA) is 239 Å². The highest BCUT2D eigenvalue weighted by molar-refractivity contribution is 6.02. The molecular formula is C46H59F3N10O7. The van der Waals surface area contributed by atoms with Crippen LogP contribution in [0, 0.1) is 18.8 Å². The van der Waals surface area contributed by atoms with Gasteiger partial charge in [-0.2, -0.15) is 18.4 Å². The number of carbonyl (C=O) groups is 5. The molecule has 0 spiro atoms. The lowest BCUT2D eigenvalue weighted by molar-refractivity contribution is -0.192. The largest absolute Gasteiger partial charge is 0.490 e. The molecule has 4 aromatic rings. The molecule has 6 N–H and O–H groups in total. The number of ether oxygens (including phenoxy) is 1. The average molecular weight is 921 g/mol. The summed E-state index contributed by atoms with van der Waals surface area (Å²) < 4.78 is 37.1. The first-order chi connectivity index (χ1) is 31.1. The Morgan fingerprint density at radius 3 is 2.00 bits per heavy atom. The maximum absolute atomic E-state index is 14.5. The van der Waals surface area contributed by atoms with Gasteiger partial charge in [0.25, 0.3) is 5.91 Å². The molecule has 20 heteroatoms. The molecule has 0 bridgehead atoms. The van der Waals surface area contributed by atoms with Crippen molar-refractivity contribution in [3.8, 4) is 22.5 Å². The first kappa shape index (κ1) is 50.6. The van der Waals surface area contributed by atoms with E-state index in [-0.39, 0.29) is 36.1 Å². The van der Waals surface area contributed by atoms with Crippen LogP contribution >= 0.6 is 0 Å². The van der Waals surface area contributed by atoms with Crippen LogP contribution in [0.5, 0.6) is 0 Å². The van der Waals surface area contributed by atoms with Gasteiger partial charge in [0, 0.05) is 53.5 Å². The highest BCUT2D eigenvalue weighted by Gasteiger charge is 2.39. The van der Waals surface area contributed by atoms with Crippen LogP contribution in [0.2, 0.25) is 0 Å². The fraction of sp³-hybridized carbons (Fsp3) is 0.500. The molecular weight excluding hydrogens is 862 g/mol. The number of nitrogens with one attached hydrogen (secondary N) is 3. The zero-order chi connectivity index (χ0) is 48.3. The van der Waals surface area contributed by atoms with E-state index in [0.29, 0.717) is 48.2 Å². The van der Waals surface area contributed by atoms with Crippen molar-refractivity contribution < 1.29 is 47.0 Å². The molecule has 0 unspecified atom stereocenters. The molecule has 17 nitrogen and oxygen atoms in total. The molecule has 2 aliphatic rings. The number of amides is 4. The van der Waals surface area contributed by atoms with E-state index in [1.165, 1.54) is 0 Å². The third-order valence-electron chi connectivity index (χ3n) is 11.8. The molecule has 0 aliphatic heterocycles. The number of hydrogen-bond donors (Lipinski definition) is 5. The number of pyridine rings is 1. The highest BCUT2D eigenvalue weighted by atomic mass is 19.4. The molecule has 0 saturated heterocycles. The smallest absolute Gasteiger partial charge is 0.475 e. The van der Waals surface area contributed by atoms with Gasteiger partial charge in [0.1, 0.15) is 17.3 Å². The number of tetrazole rings is 1. The molecule has 6 rings (SSSR count). The number of aromatic amines is 1. The second-order valence-electron chi connectivity index (χ2n) is 18.0. The van der Waals surface area contributed by atoms with E-state index in [1.54, 1.807) is 35.2 Å². The number of halogens is 3. The van der Waals surface area contributed by atoms with Gasteiger partial charge in [0.15, 0.2) is 0 Å². The summed E-state index contributed by atoms with van der Waals surface area (Å²) in [6.07, 6.45) is 1.33. The minimum atomic E-state index is -5.08. The number of carboxylic acid groups (broad SMARTS) is 1. The summed E-state index contributed by atoms with van der Waals surface area (Å²) in [7, 11) is 4.21. The van der Waals surface area contributed by atoms with Crippen molar-refractivity contribution in [1.82, 2.24) is 41.1 Å². The van der Waals surface area contributed by atoms with Crippen LogP contribution in [0.1, 0.15) is 93.9 Å². The first-order valence-corrected chi connectivity index (χ1v) is 21.9. The van der Waals surface area contributed by atoms with Gasteiger partial charge in [-0.3, -0.25) is 19.3 Å². The van der Waals surface area contributed by atoms with E-state index in [4.69, 9.17) is 20.4 Å². The van der Waals surface area contributed by atoms with Crippen molar-refractivity contribution in [1.29, 1.82) is 0 Å². The number of alkyl halides is 3. The predicted molar refractivity (Wildman–Crippen MR) is 239 cm³/mol. The van der Waals surface area contributed by atoms with E-state index in [1.807, 2.05) is 58.0 Å². The van der Waals surface area contributed by atoms with Crippen molar-refractivity contribution in [2.75, 3.05) is 25.5 Å². The number of hydrogen-bond acceptors (Lipinski definition) is 11. The van der Waals surface area contributed by atoms with Crippen LogP contribution in [0.4, 0.5) is 23.7 Å². The standard InChI is InChI=1S/C44H58N10O5.C2HF3O2/c1-27-36(23-24-37(47-27)41(56)48-33-17-21-34(22-18-33)53(5)6)30-11-7-28(8-12-30)25-38(39(45)55)54(35-19-15-31(16-20-35)40-49-51-52-50-40)42(57)32-13-9-29(10-14-32)26-46-43(58)59-44(2,3)4;3-2(4,5)1(6)7/h7-8,11-12,15-16,19-20,23-24,29,32-34,38H,9-10,13-14,17-18,21-22,25-26H2,1-6H3,(H2,45,55)(H,46,58)(H,48,56)(H,49,50,51,52);(H,6,7)/t29?,32?,33?,34?,38-;/m0./s1. The molecule has 2 fully saturated rings. The molecule has 2 aromatic heterocycles. The summed E-state index contributed by atoms with van der Waals surface area (Å²) in [6.45, 7) is 7.82. The number of aromatic nitrogens is 5. The number of alkyl carbamates (subject to hydrolysis) is 1. The van der Waals surface area contributed by atoms with Crippen LogP contribution < -0.4 is 21.3 Å². The van der Waals surface area contributed by atoms with Crippen molar-refractivity contribution in [2.24, 2.45) is 17.6 Å². The Morgan fingerprint density at radius 2 is 1.48 bits per heavy atom. The average Bonchev–Trinajstić information content (AvgIpc) is 3.81. The summed E-state index contributed by atoms with van der Waals surface area (Å²) in [4.78, 5) is 70.6. The minimum Gasteiger partial charge on any atom is -0.475 e. The Kier molecular flexibility index (Phi) is 17.0. The van der Waals surface area contributed by atoms with Gasteiger partial charge in [0.05, 0.1) is 0 Å². The molecule has 2 saturated carbocycles. The quantitative estimate of drug-likeness (QED) is 0.100. The van der Waals surface area contributed by atoms with E-state index in [2.05, 4.69) is 55.2 Å². The van der Waals surface area contributed by atoms with Gasteiger partial charge in [-0.1, -0.05) is 30.3 Å². The van der Waals surface area contributed by atoms with Crippen LogP contribution in [-0.4, -0.2) is 116 Å². The number of anilines is 1. The minimum absolute atomic E-state index is 0.148. The normalized spacial score (nSPS) is 19.1. The van der Waals surface area contributed by atoms with Gasteiger partial charge in [-0.25, -0.2) is 14.6 Å². The van der Waals surface area contributed by atoms with Gasteiger partial charge < -0.3 is 31.1 Å². The Bertz CT molecular complexity index is 2270. The lowest BCUT2D eigenvalue weighted by Gasteiger charge is -2.36. The third kappa shape index (κ3) is 14.3. The summed E-state index contributed by atoms with van der Waals surface area (Å²) in [5, 5.41) is 27.4. The monoisotopic (exact) mass is 920 g/mol. The van der Waals surface area contributed by atoms with Crippen molar-refractivity contribution in [3.05, 3.63) is 77.6 Å². The van der Waals surface area contributed by atoms with Crippen LogP contribution in [-0.2, 0) is 25.5 Å². The lowest BCUT2D eigenvalue weighted by Crippen LogP contribution is -2.52. The molecule has 4 amide bonds. The Labute approximate surface area is 381 Å². The molecule has 2 aliphatic carbocycles. The van der Waals surface area contributed by atoms with Gasteiger partial charge in [-0.05, 0) is 146 Å². The molecule has 2 aromatic carbocycles. The zero-order valence-corrected chi connectivity index (χ0v) is 38.0. The molecule has 2 heterocycles. The Morgan fingerprint density at radius 1 is 0.879 bits per heavy atom. The molecule has 356 valence electrons. The summed E-state index contributed by atoms with van der Waals surface area (Å²) in [6, 6.07) is 18.3. The fourth-order valence-corrected chi connectivity index (χ4v) is 8.22. The Balaban J connectivity index is 0.00000108. The van der Waals surface area contributed by atoms with Crippen LogP contribution in [0.25, 0.3) is 22.5 Å². The number of carbonyl (C=O) groups excluding carboxylic acids is 4. The molecule has 66 heavy (non-hydrogen) atoms. The number of primary amides is 1. The van der Waals surface area contributed by atoms with E-state index in [9.17, 15) is 32.3 Å². The number of nitrogens with zero attached hydrogens (tertiary/aromatic N) is 6. The zero-order valence-electron chi connectivity index (χ0n) is 38.0. The summed E-state index contributed by atoms with van der Waals surface area (Å²) in [5.41, 5.74) is 10.5. The van der Waals surface area contributed by atoms with Gasteiger partial charge in [0.2, 0.25) is 17.6 Å². The summed E-state index contributed by atoms with van der Waals surface area (Å²) >= 11 is 0. The number of rotatable bonds is 13. The lowest BCUT2D eigenvalue weighted by atomic mass is 9.81. The third-order valence-corrected chi connectivity index (χ3v) is 11.8. The van der Waals surface area contributed by atoms with E-state index in [0.717, 1.165) is 60.9 Å². The van der Waals surface area contributed by atoms with Gasteiger partial charge in [-0.15, -0.1) is 10.2 Å². The maximum atomic E-state index is 14.5.